The van der Waals surface area contributed by atoms with E-state index in [9.17, 15) is 19.5 Å². The highest BCUT2D eigenvalue weighted by Gasteiger charge is 2.57. The number of allylic oxidation sites excluding steroid dienone is 1. The normalized spacial score (nSPS) is 28.3. The smallest absolute Gasteiger partial charge is 0.247 e. The van der Waals surface area contributed by atoms with Gasteiger partial charge in [-0.05, 0) is 44.2 Å². The SMILES string of the molecule is CC[C@@H]1C=C[C@H]2[C@H](C(=O)N([C@H](C)CO)[C@@H]2C(=O)Nc2c(C)cccc2C)[C@@H]1C(=O)NC. The van der Waals surface area contributed by atoms with Crippen LogP contribution < -0.4 is 10.6 Å². The number of aliphatic hydroxyl groups is 1. The maximum absolute atomic E-state index is 13.6. The van der Waals surface area contributed by atoms with Crippen LogP contribution in [0.3, 0.4) is 0 Å². The van der Waals surface area contributed by atoms with E-state index in [1.807, 2.05) is 51.1 Å². The number of hydrogen-bond donors (Lipinski definition) is 3. The van der Waals surface area contributed by atoms with Crippen molar-refractivity contribution in [1.82, 2.24) is 10.2 Å². The molecule has 168 valence electrons. The Morgan fingerprint density at radius 2 is 1.81 bits per heavy atom. The van der Waals surface area contributed by atoms with Gasteiger partial charge in [0.2, 0.25) is 17.7 Å². The molecule has 0 aromatic heterocycles. The summed E-state index contributed by atoms with van der Waals surface area (Å²) in [6.07, 6.45) is 4.62. The predicted molar refractivity (Wildman–Crippen MR) is 119 cm³/mol. The molecule has 7 heteroatoms. The van der Waals surface area contributed by atoms with Crippen molar-refractivity contribution in [3.05, 3.63) is 41.5 Å². The molecule has 7 nitrogen and oxygen atoms in total. The fraction of sp³-hybridized carbons (Fsp3) is 0.542. The quantitative estimate of drug-likeness (QED) is 0.605. The monoisotopic (exact) mass is 427 g/mol. The summed E-state index contributed by atoms with van der Waals surface area (Å²) in [5, 5.41) is 15.5. The van der Waals surface area contributed by atoms with E-state index in [1.165, 1.54) is 4.90 Å². The molecule has 1 saturated heterocycles. The Bertz CT molecular complexity index is 877. The Labute approximate surface area is 183 Å². The Kier molecular flexibility index (Phi) is 6.84. The highest BCUT2D eigenvalue weighted by molar-refractivity contribution is 6.02. The van der Waals surface area contributed by atoms with Crippen molar-refractivity contribution in [2.75, 3.05) is 19.0 Å². The zero-order valence-corrected chi connectivity index (χ0v) is 18.9. The van der Waals surface area contributed by atoms with Crippen LogP contribution in [-0.2, 0) is 14.4 Å². The van der Waals surface area contributed by atoms with Crippen molar-refractivity contribution in [2.45, 2.75) is 46.2 Å². The van der Waals surface area contributed by atoms with Crippen molar-refractivity contribution in [3.63, 3.8) is 0 Å². The molecule has 31 heavy (non-hydrogen) atoms. The molecule has 0 unspecified atom stereocenters. The van der Waals surface area contributed by atoms with Gasteiger partial charge in [0.25, 0.3) is 0 Å². The maximum Gasteiger partial charge on any atom is 0.247 e. The number of aliphatic hydroxyl groups excluding tert-OH is 1. The van der Waals surface area contributed by atoms with Crippen molar-refractivity contribution in [3.8, 4) is 0 Å². The number of benzene rings is 1. The van der Waals surface area contributed by atoms with Gasteiger partial charge in [-0.3, -0.25) is 14.4 Å². The molecule has 1 aromatic rings. The molecule has 2 aliphatic rings. The molecule has 1 heterocycles. The van der Waals surface area contributed by atoms with Gasteiger partial charge in [0.05, 0.1) is 24.5 Å². The number of nitrogens with zero attached hydrogens (tertiary/aromatic N) is 1. The predicted octanol–water partition coefficient (Wildman–Crippen LogP) is 2.02. The number of rotatable bonds is 6. The molecule has 3 amide bonds. The fourth-order valence-electron chi connectivity index (χ4n) is 5.13. The molecule has 1 aliphatic carbocycles. The summed E-state index contributed by atoms with van der Waals surface area (Å²) in [7, 11) is 1.57. The molecule has 6 atom stereocenters. The fourth-order valence-corrected chi connectivity index (χ4v) is 5.13. The molecule has 1 aliphatic heterocycles. The highest BCUT2D eigenvalue weighted by atomic mass is 16.3. The van der Waals surface area contributed by atoms with E-state index in [2.05, 4.69) is 10.6 Å². The topological polar surface area (TPSA) is 98.7 Å². The number of carbonyl (C=O) groups is 3. The van der Waals surface area contributed by atoms with E-state index in [0.29, 0.717) is 0 Å². The molecule has 1 fully saturated rings. The van der Waals surface area contributed by atoms with E-state index in [4.69, 9.17) is 0 Å². The average Bonchev–Trinajstić information content (AvgIpc) is 3.07. The van der Waals surface area contributed by atoms with E-state index >= 15 is 0 Å². The Hall–Kier alpha value is -2.67. The lowest BCUT2D eigenvalue weighted by atomic mass is 9.69. The minimum absolute atomic E-state index is 0.0724. The van der Waals surface area contributed by atoms with Crippen LogP contribution in [0.5, 0.6) is 0 Å². The highest BCUT2D eigenvalue weighted by Crippen LogP contribution is 2.45. The number of amides is 3. The number of likely N-dealkylation sites (tertiary alicyclic amines) is 1. The summed E-state index contributed by atoms with van der Waals surface area (Å²) < 4.78 is 0. The number of aryl methyl sites for hydroxylation is 2. The summed E-state index contributed by atoms with van der Waals surface area (Å²) in [6.45, 7) is 7.30. The zero-order chi connectivity index (χ0) is 22.9. The van der Waals surface area contributed by atoms with Crippen molar-refractivity contribution in [1.29, 1.82) is 0 Å². The van der Waals surface area contributed by atoms with Crippen LogP contribution in [0.1, 0.15) is 31.4 Å². The minimum Gasteiger partial charge on any atom is -0.394 e. The first-order chi connectivity index (χ1) is 14.8. The molecule has 0 spiro atoms. The van der Waals surface area contributed by atoms with Crippen LogP contribution in [0, 0.1) is 37.5 Å². The first-order valence-electron chi connectivity index (χ1n) is 11.0. The van der Waals surface area contributed by atoms with Crippen LogP contribution in [-0.4, -0.2) is 53.5 Å². The van der Waals surface area contributed by atoms with Crippen molar-refractivity contribution in [2.24, 2.45) is 23.7 Å². The largest absolute Gasteiger partial charge is 0.394 e. The number of fused-ring (bicyclic) bond motifs is 1. The van der Waals surface area contributed by atoms with Gasteiger partial charge in [0.15, 0.2) is 0 Å². The van der Waals surface area contributed by atoms with Crippen LogP contribution in [0.25, 0.3) is 0 Å². The number of para-hydroxylation sites is 1. The standard InChI is InChI=1S/C24H33N3O4/c1-6-16-10-11-17-19(18(16)22(29)25-5)24(31)27(15(4)12-28)21(17)23(30)26-20-13(2)8-7-9-14(20)3/h7-11,15-19,21,28H,6,12H2,1-5H3,(H,25,29)(H,26,30)/t15-,16-,17+,18-,19+,21+/m1/s1. The van der Waals surface area contributed by atoms with E-state index in [0.717, 1.165) is 23.2 Å². The first-order valence-corrected chi connectivity index (χ1v) is 11.0. The van der Waals surface area contributed by atoms with Gasteiger partial charge in [-0.15, -0.1) is 0 Å². The third-order valence-corrected chi connectivity index (χ3v) is 6.80. The third kappa shape index (κ3) is 3.99. The van der Waals surface area contributed by atoms with Gasteiger partial charge in [-0.25, -0.2) is 0 Å². The van der Waals surface area contributed by atoms with Crippen LogP contribution in [0.2, 0.25) is 0 Å². The van der Waals surface area contributed by atoms with Crippen LogP contribution in [0.4, 0.5) is 5.69 Å². The molecule has 0 saturated carbocycles. The first kappa shape index (κ1) is 23.0. The Morgan fingerprint density at radius 1 is 1.16 bits per heavy atom. The number of hydrogen-bond acceptors (Lipinski definition) is 4. The molecular formula is C24H33N3O4. The van der Waals surface area contributed by atoms with E-state index in [-0.39, 0.29) is 30.2 Å². The summed E-state index contributed by atoms with van der Waals surface area (Å²) in [5.41, 5.74) is 2.60. The van der Waals surface area contributed by atoms with Gasteiger partial charge >= 0.3 is 0 Å². The molecule has 1 aromatic carbocycles. The molecule has 3 N–H and O–H groups in total. The van der Waals surface area contributed by atoms with E-state index < -0.39 is 29.8 Å². The van der Waals surface area contributed by atoms with Crippen LogP contribution >= 0.6 is 0 Å². The van der Waals surface area contributed by atoms with Gasteiger partial charge in [-0.1, -0.05) is 37.3 Å². The second-order valence-electron chi connectivity index (χ2n) is 8.68. The molecule has 0 bridgehead atoms. The maximum atomic E-state index is 13.6. The number of anilines is 1. The van der Waals surface area contributed by atoms with Crippen molar-refractivity contribution >= 4 is 23.4 Å². The summed E-state index contributed by atoms with van der Waals surface area (Å²) in [6, 6.07) is 4.45. The number of nitrogens with one attached hydrogen (secondary N) is 2. The average molecular weight is 428 g/mol. The zero-order valence-electron chi connectivity index (χ0n) is 18.9. The van der Waals surface area contributed by atoms with Gasteiger partial charge in [0, 0.05) is 18.7 Å². The van der Waals surface area contributed by atoms with Gasteiger partial charge in [0.1, 0.15) is 6.04 Å². The molecule has 3 rings (SSSR count). The third-order valence-electron chi connectivity index (χ3n) is 6.80. The van der Waals surface area contributed by atoms with Gasteiger partial charge in [-0.2, -0.15) is 0 Å². The number of carbonyl (C=O) groups excluding carboxylic acids is 3. The van der Waals surface area contributed by atoms with Crippen LogP contribution in [0.15, 0.2) is 30.4 Å². The lowest BCUT2D eigenvalue weighted by Crippen LogP contribution is -2.49. The summed E-state index contributed by atoms with van der Waals surface area (Å²) in [4.78, 5) is 41.3. The summed E-state index contributed by atoms with van der Waals surface area (Å²) >= 11 is 0. The summed E-state index contributed by atoms with van der Waals surface area (Å²) in [5.74, 6) is -2.40. The Balaban J connectivity index is 2.04. The second-order valence-corrected chi connectivity index (χ2v) is 8.68. The Morgan fingerprint density at radius 3 is 2.35 bits per heavy atom. The molecular weight excluding hydrogens is 394 g/mol. The molecule has 0 radical (unpaired) electrons. The lowest BCUT2D eigenvalue weighted by molar-refractivity contribution is -0.142. The van der Waals surface area contributed by atoms with E-state index in [1.54, 1.807) is 14.0 Å². The van der Waals surface area contributed by atoms with Crippen molar-refractivity contribution < 1.29 is 19.5 Å². The van der Waals surface area contributed by atoms with Gasteiger partial charge < -0.3 is 20.6 Å². The lowest BCUT2D eigenvalue weighted by Gasteiger charge is -2.34. The minimum atomic E-state index is -0.792. The second kappa shape index (κ2) is 9.22.